The number of aromatic nitrogens is 2. The summed E-state index contributed by atoms with van der Waals surface area (Å²) in [5.41, 5.74) is 2.03. The number of piperazine rings is 1. The number of nitrogens with zero attached hydrogens (tertiary/aromatic N) is 4. The first-order valence-electron chi connectivity index (χ1n) is 8.52. The fourth-order valence-corrected chi connectivity index (χ4v) is 2.83. The third-order valence-electron chi connectivity index (χ3n) is 4.16. The van der Waals surface area contributed by atoms with Gasteiger partial charge in [0.15, 0.2) is 0 Å². The molecular formula is C18H23N5O2. The summed E-state index contributed by atoms with van der Waals surface area (Å²) in [6, 6.07) is 7.69. The van der Waals surface area contributed by atoms with E-state index in [0.717, 1.165) is 24.3 Å². The van der Waals surface area contributed by atoms with Crippen LogP contribution in [0, 0.1) is 0 Å². The van der Waals surface area contributed by atoms with E-state index in [0.29, 0.717) is 32.1 Å². The van der Waals surface area contributed by atoms with Crippen LogP contribution < -0.4 is 15.0 Å². The zero-order valence-corrected chi connectivity index (χ0v) is 14.4. The Morgan fingerprint density at radius 3 is 2.64 bits per heavy atom. The summed E-state index contributed by atoms with van der Waals surface area (Å²) in [6.07, 6.45) is 5.27. The fraction of sp³-hybridized carbons (Fsp3) is 0.389. The summed E-state index contributed by atoms with van der Waals surface area (Å²) < 4.78 is 5.49. The number of urea groups is 1. The highest BCUT2D eigenvalue weighted by Gasteiger charge is 2.21. The molecule has 7 heteroatoms. The Morgan fingerprint density at radius 1 is 1.16 bits per heavy atom. The lowest BCUT2D eigenvalue weighted by molar-refractivity contribution is 0.193. The van der Waals surface area contributed by atoms with Crippen LogP contribution in [-0.2, 0) is 6.54 Å². The van der Waals surface area contributed by atoms with Gasteiger partial charge in [-0.2, -0.15) is 0 Å². The van der Waals surface area contributed by atoms with Crippen molar-refractivity contribution in [3.05, 3.63) is 48.4 Å². The van der Waals surface area contributed by atoms with Gasteiger partial charge in [-0.15, -0.1) is 0 Å². The van der Waals surface area contributed by atoms with E-state index in [9.17, 15) is 4.79 Å². The molecule has 3 heterocycles. The Labute approximate surface area is 147 Å². The van der Waals surface area contributed by atoms with Crippen molar-refractivity contribution < 1.29 is 9.53 Å². The van der Waals surface area contributed by atoms with Crippen LogP contribution in [0.4, 0.5) is 10.5 Å². The number of hydrogen-bond acceptors (Lipinski definition) is 5. The molecule has 3 rings (SSSR count). The van der Waals surface area contributed by atoms with E-state index in [1.807, 2.05) is 36.1 Å². The summed E-state index contributed by atoms with van der Waals surface area (Å²) in [4.78, 5) is 24.8. The molecule has 2 amide bonds. The van der Waals surface area contributed by atoms with Crippen molar-refractivity contribution in [3.63, 3.8) is 0 Å². The average molecular weight is 341 g/mol. The molecule has 1 saturated heterocycles. The molecule has 0 saturated carbocycles. The minimum atomic E-state index is -0.0549. The predicted octanol–water partition coefficient (Wildman–Crippen LogP) is 1.91. The number of nitrogens with one attached hydrogen (secondary N) is 1. The molecule has 1 fully saturated rings. The SMILES string of the molecule is CCOc1ncccc1CNC(=O)N1CCN(c2ccncc2)CC1. The zero-order valence-electron chi connectivity index (χ0n) is 14.4. The van der Waals surface area contributed by atoms with Gasteiger partial charge >= 0.3 is 6.03 Å². The number of carbonyl (C=O) groups excluding carboxylic acids is 1. The molecule has 0 aromatic carbocycles. The highest BCUT2D eigenvalue weighted by atomic mass is 16.5. The number of rotatable bonds is 5. The molecule has 0 spiro atoms. The second kappa shape index (κ2) is 8.32. The minimum absolute atomic E-state index is 0.0549. The molecule has 0 unspecified atom stereocenters. The van der Waals surface area contributed by atoms with Crippen molar-refractivity contribution in [2.75, 3.05) is 37.7 Å². The second-order valence-corrected chi connectivity index (χ2v) is 5.74. The smallest absolute Gasteiger partial charge is 0.317 e. The molecule has 0 aliphatic carbocycles. The van der Waals surface area contributed by atoms with Gasteiger partial charge in [-0.3, -0.25) is 4.98 Å². The lowest BCUT2D eigenvalue weighted by atomic mass is 10.2. The molecule has 25 heavy (non-hydrogen) atoms. The average Bonchev–Trinajstić information content (AvgIpc) is 2.68. The molecule has 1 aliphatic heterocycles. The van der Waals surface area contributed by atoms with E-state index in [2.05, 4.69) is 20.2 Å². The number of pyridine rings is 2. The maximum atomic E-state index is 12.4. The third-order valence-corrected chi connectivity index (χ3v) is 4.16. The van der Waals surface area contributed by atoms with Crippen molar-refractivity contribution in [3.8, 4) is 5.88 Å². The Bertz CT molecular complexity index is 687. The van der Waals surface area contributed by atoms with E-state index in [1.54, 1.807) is 18.6 Å². The van der Waals surface area contributed by atoms with Gasteiger partial charge in [0, 0.05) is 62.6 Å². The van der Waals surface area contributed by atoms with Gasteiger partial charge in [0.2, 0.25) is 5.88 Å². The minimum Gasteiger partial charge on any atom is -0.478 e. The van der Waals surface area contributed by atoms with E-state index < -0.39 is 0 Å². The first kappa shape index (κ1) is 17.0. The molecule has 0 bridgehead atoms. The first-order chi connectivity index (χ1) is 12.3. The predicted molar refractivity (Wildman–Crippen MR) is 95.7 cm³/mol. The van der Waals surface area contributed by atoms with Gasteiger partial charge in [0.05, 0.1) is 6.61 Å². The van der Waals surface area contributed by atoms with E-state index in [-0.39, 0.29) is 6.03 Å². The molecule has 1 N–H and O–H groups in total. The largest absolute Gasteiger partial charge is 0.478 e. The van der Waals surface area contributed by atoms with Gasteiger partial charge in [-0.05, 0) is 25.1 Å². The fourth-order valence-electron chi connectivity index (χ4n) is 2.83. The number of anilines is 1. The quantitative estimate of drug-likeness (QED) is 0.899. The summed E-state index contributed by atoms with van der Waals surface area (Å²) in [7, 11) is 0. The highest BCUT2D eigenvalue weighted by Crippen LogP contribution is 2.16. The molecule has 7 nitrogen and oxygen atoms in total. The van der Waals surface area contributed by atoms with Crippen molar-refractivity contribution in [1.82, 2.24) is 20.2 Å². The Balaban J connectivity index is 1.50. The van der Waals surface area contributed by atoms with Crippen LogP contribution in [0.15, 0.2) is 42.9 Å². The Morgan fingerprint density at radius 2 is 1.92 bits per heavy atom. The monoisotopic (exact) mass is 341 g/mol. The highest BCUT2D eigenvalue weighted by molar-refractivity contribution is 5.74. The van der Waals surface area contributed by atoms with Gasteiger partial charge in [-0.25, -0.2) is 9.78 Å². The number of hydrogen-bond donors (Lipinski definition) is 1. The molecule has 132 valence electrons. The van der Waals surface area contributed by atoms with E-state index in [1.165, 1.54) is 0 Å². The van der Waals surface area contributed by atoms with Gasteiger partial charge < -0.3 is 19.9 Å². The van der Waals surface area contributed by atoms with Crippen LogP contribution in [0.3, 0.4) is 0 Å². The van der Waals surface area contributed by atoms with Crippen LogP contribution in [0.5, 0.6) is 5.88 Å². The topological polar surface area (TPSA) is 70.6 Å². The molecular weight excluding hydrogens is 318 g/mol. The van der Waals surface area contributed by atoms with E-state index in [4.69, 9.17) is 4.74 Å². The molecule has 0 radical (unpaired) electrons. The zero-order chi connectivity index (χ0) is 17.5. The van der Waals surface area contributed by atoms with Crippen LogP contribution in [-0.4, -0.2) is 53.7 Å². The summed E-state index contributed by atoms with van der Waals surface area (Å²) in [5, 5.41) is 2.96. The summed E-state index contributed by atoms with van der Waals surface area (Å²) >= 11 is 0. The first-order valence-corrected chi connectivity index (χ1v) is 8.52. The normalized spacial score (nSPS) is 14.3. The van der Waals surface area contributed by atoms with E-state index >= 15 is 0 Å². The summed E-state index contributed by atoms with van der Waals surface area (Å²) in [6.45, 7) is 5.89. The molecule has 2 aromatic heterocycles. The van der Waals surface area contributed by atoms with Crippen molar-refractivity contribution >= 4 is 11.7 Å². The van der Waals surface area contributed by atoms with Crippen molar-refractivity contribution in [1.29, 1.82) is 0 Å². The lowest BCUT2D eigenvalue weighted by Crippen LogP contribution is -2.51. The van der Waals surface area contributed by atoms with Gasteiger partial charge in [0.25, 0.3) is 0 Å². The number of carbonyl (C=O) groups is 1. The van der Waals surface area contributed by atoms with Crippen LogP contribution in [0.2, 0.25) is 0 Å². The molecule has 1 aliphatic rings. The lowest BCUT2D eigenvalue weighted by Gasteiger charge is -2.36. The summed E-state index contributed by atoms with van der Waals surface area (Å²) in [5.74, 6) is 0.577. The molecule has 0 atom stereocenters. The third kappa shape index (κ3) is 4.37. The maximum absolute atomic E-state index is 12.4. The Kier molecular flexibility index (Phi) is 5.66. The standard InChI is InChI=1S/C18H23N5O2/c1-2-25-17-15(4-3-7-20-17)14-21-18(24)23-12-10-22(11-13-23)16-5-8-19-9-6-16/h3-9H,2,10-14H2,1H3,(H,21,24). The van der Waals surface area contributed by atoms with Gasteiger partial charge in [0.1, 0.15) is 0 Å². The molecule has 2 aromatic rings. The number of ether oxygens (including phenoxy) is 1. The van der Waals surface area contributed by atoms with Gasteiger partial charge in [-0.1, -0.05) is 6.07 Å². The van der Waals surface area contributed by atoms with Crippen molar-refractivity contribution in [2.24, 2.45) is 0 Å². The number of amides is 2. The van der Waals surface area contributed by atoms with Crippen LogP contribution in [0.25, 0.3) is 0 Å². The Hall–Kier alpha value is -2.83. The van der Waals surface area contributed by atoms with Crippen LogP contribution in [0.1, 0.15) is 12.5 Å². The maximum Gasteiger partial charge on any atom is 0.317 e. The second-order valence-electron chi connectivity index (χ2n) is 5.74. The van der Waals surface area contributed by atoms with Crippen molar-refractivity contribution in [2.45, 2.75) is 13.5 Å². The van der Waals surface area contributed by atoms with Crippen LogP contribution >= 0.6 is 0 Å².